The van der Waals surface area contributed by atoms with Crippen LogP contribution in [0, 0.1) is 29.2 Å². The number of carbonyl (C=O) groups excluding carboxylic acids is 2. The third kappa shape index (κ3) is 3.66. The molecule has 1 unspecified atom stereocenters. The van der Waals surface area contributed by atoms with E-state index in [4.69, 9.17) is 0 Å². The summed E-state index contributed by atoms with van der Waals surface area (Å²) in [4.78, 5) is 28.1. The quantitative estimate of drug-likeness (QED) is 0.137. The lowest BCUT2D eigenvalue weighted by Gasteiger charge is -2.13. The van der Waals surface area contributed by atoms with Crippen molar-refractivity contribution in [2.75, 3.05) is 6.61 Å². The van der Waals surface area contributed by atoms with Gasteiger partial charge in [0.1, 0.15) is 0 Å². The molecule has 0 spiro atoms. The van der Waals surface area contributed by atoms with Crippen LogP contribution >= 0.6 is 15.9 Å². The Morgan fingerprint density at radius 1 is 1.21 bits per heavy atom. The highest BCUT2D eigenvalue weighted by atomic mass is 79.9. The lowest BCUT2D eigenvalue weighted by atomic mass is 9.97. The molecule has 1 fully saturated rings. The Bertz CT molecular complexity index is 690. The molecule has 24 heavy (non-hydrogen) atoms. The van der Waals surface area contributed by atoms with E-state index in [1.165, 1.54) is 6.92 Å². The Balaban J connectivity index is 2.47. The molecule has 4 nitrogen and oxygen atoms in total. The van der Waals surface area contributed by atoms with Gasteiger partial charge in [-0.3, -0.25) is 14.6 Å². The van der Waals surface area contributed by atoms with E-state index in [0.29, 0.717) is 0 Å². The van der Waals surface area contributed by atoms with Gasteiger partial charge in [0.2, 0.25) is 0 Å². The fourth-order valence-corrected chi connectivity index (χ4v) is 2.22. The molecule has 2 rings (SSSR count). The molecule has 0 aromatic heterocycles. The lowest BCUT2D eigenvalue weighted by molar-refractivity contribution is -0.143. The smallest absolute Gasteiger partial charge is 0.322 e. The molecule has 9 heteroatoms. The van der Waals surface area contributed by atoms with Gasteiger partial charge in [-0.15, -0.1) is 0 Å². The zero-order chi connectivity index (χ0) is 18.0. The molecule has 0 amide bonds. The Labute approximate surface area is 143 Å². The van der Waals surface area contributed by atoms with Crippen molar-refractivity contribution in [1.29, 1.82) is 0 Å². The van der Waals surface area contributed by atoms with Gasteiger partial charge in [0.25, 0.3) is 0 Å². The molecule has 1 aromatic rings. The third-order valence-electron chi connectivity index (χ3n) is 3.27. The molecule has 0 radical (unpaired) electrons. The maximum absolute atomic E-state index is 13.9. The van der Waals surface area contributed by atoms with E-state index in [1.54, 1.807) is 0 Å². The Morgan fingerprint density at radius 3 is 2.21 bits per heavy atom. The fraction of sp³-hybridized carbons (Fsp3) is 0.400. The van der Waals surface area contributed by atoms with Crippen molar-refractivity contribution >= 4 is 33.9 Å². The number of hydrogen-bond donors (Lipinski definition) is 0. The van der Waals surface area contributed by atoms with Gasteiger partial charge in [-0.2, -0.15) is 0 Å². The van der Waals surface area contributed by atoms with E-state index < -0.39 is 51.0 Å². The predicted octanol–water partition coefficient (Wildman–Crippen LogP) is 3.60. The van der Waals surface area contributed by atoms with Gasteiger partial charge in [-0.05, 0) is 35.7 Å². The van der Waals surface area contributed by atoms with Gasteiger partial charge in [0, 0.05) is 12.3 Å². The van der Waals surface area contributed by atoms with Crippen LogP contribution in [0.1, 0.15) is 30.1 Å². The van der Waals surface area contributed by atoms with Crippen molar-refractivity contribution < 1.29 is 31.9 Å². The van der Waals surface area contributed by atoms with Gasteiger partial charge < -0.3 is 4.74 Å². The molecule has 0 heterocycles. The van der Waals surface area contributed by atoms with Crippen molar-refractivity contribution in [3.8, 4) is 0 Å². The van der Waals surface area contributed by atoms with Crippen LogP contribution in [-0.4, -0.2) is 30.6 Å². The van der Waals surface area contributed by atoms with Crippen LogP contribution in [-0.2, 0) is 9.53 Å². The number of rotatable bonds is 6. The van der Waals surface area contributed by atoms with E-state index in [2.05, 4.69) is 25.7 Å². The number of esters is 1. The van der Waals surface area contributed by atoms with Gasteiger partial charge in [0.05, 0.1) is 16.6 Å². The van der Waals surface area contributed by atoms with Crippen LogP contribution in [0.25, 0.3) is 0 Å². The van der Waals surface area contributed by atoms with E-state index >= 15 is 0 Å². The number of aliphatic imine (C=N–C) groups is 1. The maximum Gasteiger partial charge on any atom is 0.322 e. The number of nitrogens with zero attached hydrogens (tertiary/aromatic N) is 1. The lowest BCUT2D eigenvalue weighted by Crippen LogP contribution is -2.30. The Morgan fingerprint density at radius 2 is 1.75 bits per heavy atom. The molecule has 1 saturated carbocycles. The second-order valence-corrected chi connectivity index (χ2v) is 5.86. The molecule has 0 aliphatic heterocycles. The first kappa shape index (κ1) is 18.6. The molecular formula is C15H12BrF4NO3. The zero-order valence-corrected chi connectivity index (χ0v) is 14.0. The molecule has 1 aliphatic rings. The first-order valence-electron chi connectivity index (χ1n) is 7.05. The predicted molar refractivity (Wildman–Crippen MR) is 79.9 cm³/mol. The average molecular weight is 410 g/mol. The van der Waals surface area contributed by atoms with E-state index in [9.17, 15) is 27.2 Å². The number of ether oxygens (including phenoxy) is 1. The summed E-state index contributed by atoms with van der Waals surface area (Å²) in [5, 5.41) is 0. The van der Waals surface area contributed by atoms with Crippen LogP contribution < -0.4 is 0 Å². The summed E-state index contributed by atoms with van der Waals surface area (Å²) in [6.45, 7) is 1.38. The number of ketones is 1. The van der Waals surface area contributed by atoms with Gasteiger partial charge >= 0.3 is 5.97 Å². The molecule has 0 N–H and O–H groups in total. The van der Waals surface area contributed by atoms with Crippen molar-refractivity contribution in [2.24, 2.45) is 10.9 Å². The summed E-state index contributed by atoms with van der Waals surface area (Å²) in [6.07, 6.45) is 2.42. The minimum absolute atomic E-state index is 0.0807. The molecule has 130 valence electrons. The molecular weight excluding hydrogens is 398 g/mol. The second kappa shape index (κ2) is 7.42. The highest BCUT2D eigenvalue weighted by Gasteiger charge is 2.36. The number of carbonyl (C=O) groups is 2. The first-order valence-corrected chi connectivity index (χ1v) is 7.84. The van der Waals surface area contributed by atoms with E-state index in [-0.39, 0.29) is 12.6 Å². The van der Waals surface area contributed by atoms with Gasteiger partial charge in [-0.25, -0.2) is 17.6 Å². The second-order valence-electron chi connectivity index (χ2n) is 5.07. The van der Waals surface area contributed by atoms with Gasteiger partial charge in [-0.1, -0.05) is 0 Å². The molecule has 0 saturated heterocycles. The summed E-state index contributed by atoms with van der Waals surface area (Å²) >= 11 is 2.35. The van der Waals surface area contributed by atoms with Crippen LogP contribution in [0.4, 0.5) is 17.6 Å². The standard InChI is InChI=1S/C15H12BrF4NO3/c1-2-24-15(23)7(5-21-6-3-4-6)14(22)8-10(17)12(19)9(16)13(20)11(8)18/h5-7H,2-4H2,1H3. The summed E-state index contributed by atoms with van der Waals surface area (Å²) in [5.74, 6) is -11.7. The van der Waals surface area contributed by atoms with Crippen molar-refractivity contribution in [3.05, 3.63) is 33.3 Å². The molecule has 1 aliphatic carbocycles. The maximum atomic E-state index is 13.9. The normalized spacial score (nSPS) is 15.6. The monoisotopic (exact) mass is 409 g/mol. The van der Waals surface area contributed by atoms with Crippen molar-refractivity contribution in [1.82, 2.24) is 0 Å². The largest absolute Gasteiger partial charge is 0.465 e. The van der Waals surface area contributed by atoms with Crippen LogP contribution in [0.5, 0.6) is 0 Å². The fourth-order valence-electron chi connectivity index (χ4n) is 1.88. The summed E-state index contributed by atoms with van der Waals surface area (Å²) in [6, 6.07) is -0.0807. The van der Waals surface area contributed by atoms with E-state index in [1.807, 2.05) is 0 Å². The summed E-state index contributed by atoms with van der Waals surface area (Å²) in [7, 11) is 0. The Kier molecular flexibility index (Phi) is 5.74. The zero-order valence-electron chi connectivity index (χ0n) is 12.4. The molecule has 1 atom stereocenters. The molecule has 0 bridgehead atoms. The highest BCUT2D eigenvalue weighted by molar-refractivity contribution is 9.10. The number of halogens is 5. The number of hydrogen-bond acceptors (Lipinski definition) is 4. The van der Waals surface area contributed by atoms with Crippen molar-refractivity contribution in [2.45, 2.75) is 25.8 Å². The minimum Gasteiger partial charge on any atom is -0.465 e. The van der Waals surface area contributed by atoms with Gasteiger partial charge in [0.15, 0.2) is 35.0 Å². The van der Waals surface area contributed by atoms with Crippen LogP contribution in [0.2, 0.25) is 0 Å². The van der Waals surface area contributed by atoms with Crippen LogP contribution in [0.3, 0.4) is 0 Å². The molecule has 1 aromatic carbocycles. The average Bonchev–Trinajstić information content (AvgIpc) is 3.36. The van der Waals surface area contributed by atoms with Crippen LogP contribution in [0.15, 0.2) is 9.47 Å². The van der Waals surface area contributed by atoms with E-state index in [0.717, 1.165) is 19.1 Å². The Hall–Kier alpha value is -1.77. The van der Waals surface area contributed by atoms with Crippen molar-refractivity contribution in [3.63, 3.8) is 0 Å². The summed E-state index contributed by atoms with van der Waals surface area (Å²) < 4.78 is 58.7. The summed E-state index contributed by atoms with van der Waals surface area (Å²) in [5.41, 5.74) is -1.48. The number of benzene rings is 1. The first-order chi connectivity index (χ1) is 11.3. The minimum atomic E-state index is -1.89. The SMILES string of the molecule is CCOC(=O)C(C=NC1CC1)C(=O)c1c(F)c(F)c(Br)c(F)c1F. The number of Topliss-reactive ketones (excluding diaryl/α,β-unsaturated/α-hetero) is 1. The highest BCUT2D eigenvalue weighted by Crippen LogP contribution is 2.30. The third-order valence-corrected chi connectivity index (χ3v) is 3.97. The topological polar surface area (TPSA) is 55.7 Å².